The summed E-state index contributed by atoms with van der Waals surface area (Å²) >= 11 is 0. The molecule has 114 valence electrons. The molecule has 21 heavy (non-hydrogen) atoms. The number of nitrogen functional groups attached to an aromatic ring is 1. The van der Waals surface area contributed by atoms with E-state index >= 15 is 0 Å². The Labute approximate surface area is 121 Å². The van der Waals surface area contributed by atoms with Gasteiger partial charge in [-0.1, -0.05) is 13.8 Å². The van der Waals surface area contributed by atoms with Gasteiger partial charge in [0.25, 0.3) is 11.6 Å². The number of carbonyl (C=O) groups excluding carboxylic acids is 1. The van der Waals surface area contributed by atoms with Crippen LogP contribution < -0.4 is 5.73 Å². The Bertz CT molecular complexity index is 581. The lowest BCUT2D eigenvalue weighted by Crippen LogP contribution is -2.42. The Morgan fingerprint density at radius 3 is 2.48 bits per heavy atom. The SMILES string of the molecule is CC1CC(C)CN(C(=O)c2cc(N)c(F)cc2[N+](=O)[O-])C1. The lowest BCUT2D eigenvalue weighted by Gasteiger charge is -2.35. The van der Waals surface area contributed by atoms with Crippen LogP contribution in [0.15, 0.2) is 12.1 Å². The summed E-state index contributed by atoms with van der Waals surface area (Å²) in [6.07, 6.45) is 1.01. The van der Waals surface area contributed by atoms with Crippen molar-refractivity contribution in [3.63, 3.8) is 0 Å². The smallest absolute Gasteiger partial charge is 0.285 e. The lowest BCUT2D eigenvalue weighted by atomic mass is 9.91. The van der Waals surface area contributed by atoms with Gasteiger partial charge < -0.3 is 10.6 Å². The Morgan fingerprint density at radius 2 is 1.95 bits per heavy atom. The van der Waals surface area contributed by atoms with Gasteiger partial charge in [0.2, 0.25) is 0 Å². The largest absolute Gasteiger partial charge is 0.396 e. The van der Waals surface area contributed by atoms with Gasteiger partial charge in [-0.3, -0.25) is 14.9 Å². The summed E-state index contributed by atoms with van der Waals surface area (Å²) in [4.78, 5) is 24.4. The molecule has 1 saturated heterocycles. The molecule has 1 aliphatic rings. The predicted octanol–water partition coefficient (Wildman–Crippen LogP) is 2.43. The highest BCUT2D eigenvalue weighted by molar-refractivity contribution is 5.99. The van der Waals surface area contributed by atoms with Crippen molar-refractivity contribution < 1.29 is 14.1 Å². The molecule has 6 nitrogen and oxygen atoms in total. The monoisotopic (exact) mass is 295 g/mol. The second-order valence-electron chi connectivity index (χ2n) is 5.80. The maximum absolute atomic E-state index is 13.4. The van der Waals surface area contributed by atoms with Gasteiger partial charge in [0.1, 0.15) is 5.56 Å². The highest BCUT2D eigenvalue weighted by atomic mass is 19.1. The van der Waals surface area contributed by atoms with Crippen molar-refractivity contribution in [2.24, 2.45) is 11.8 Å². The summed E-state index contributed by atoms with van der Waals surface area (Å²) in [6, 6.07) is 1.76. The second-order valence-corrected chi connectivity index (χ2v) is 5.80. The number of hydrogen-bond donors (Lipinski definition) is 1. The summed E-state index contributed by atoms with van der Waals surface area (Å²) in [5.41, 5.74) is 4.48. The molecular weight excluding hydrogens is 277 g/mol. The number of halogens is 1. The molecule has 1 aliphatic heterocycles. The summed E-state index contributed by atoms with van der Waals surface area (Å²) in [7, 11) is 0. The van der Waals surface area contributed by atoms with E-state index in [4.69, 9.17) is 5.73 Å². The number of hydrogen-bond acceptors (Lipinski definition) is 4. The van der Waals surface area contributed by atoms with E-state index in [-0.39, 0.29) is 11.3 Å². The molecule has 0 aromatic heterocycles. The first kappa shape index (κ1) is 15.2. The Hall–Kier alpha value is -2.18. The van der Waals surface area contributed by atoms with Crippen molar-refractivity contribution in [2.45, 2.75) is 20.3 Å². The first-order chi connectivity index (χ1) is 9.79. The summed E-state index contributed by atoms with van der Waals surface area (Å²) < 4.78 is 13.4. The molecule has 2 atom stereocenters. The predicted molar refractivity (Wildman–Crippen MR) is 76.3 cm³/mol. The van der Waals surface area contributed by atoms with Crippen LogP contribution in [0.3, 0.4) is 0 Å². The van der Waals surface area contributed by atoms with Gasteiger partial charge in [-0.25, -0.2) is 4.39 Å². The number of amides is 1. The molecule has 0 aliphatic carbocycles. The molecule has 1 heterocycles. The van der Waals surface area contributed by atoms with E-state index in [1.165, 1.54) is 0 Å². The molecule has 7 heteroatoms. The zero-order valence-electron chi connectivity index (χ0n) is 12.0. The van der Waals surface area contributed by atoms with Gasteiger partial charge in [0.05, 0.1) is 16.7 Å². The first-order valence-corrected chi connectivity index (χ1v) is 6.82. The third kappa shape index (κ3) is 3.12. The van der Waals surface area contributed by atoms with E-state index in [0.717, 1.165) is 12.5 Å². The summed E-state index contributed by atoms with van der Waals surface area (Å²) in [5, 5.41) is 11.0. The molecule has 1 aromatic rings. The fraction of sp³-hybridized carbons (Fsp3) is 0.500. The average Bonchev–Trinajstić information content (AvgIpc) is 2.39. The Balaban J connectivity index is 2.38. The van der Waals surface area contributed by atoms with Crippen LogP contribution in [0.2, 0.25) is 0 Å². The number of nitro groups is 1. The molecule has 0 radical (unpaired) electrons. The third-order valence-electron chi connectivity index (χ3n) is 3.70. The van der Waals surface area contributed by atoms with Gasteiger partial charge >= 0.3 is 0 Å². The summed E-state index contributed by atoms with van der Waals surface area (Å²) in [6.45, 7) is 5.14. The van der Waals surface area contributed by atoms with Gasteiger partial charge in [0, 0.05) is 13.1 Å². The van der Waals surface area contributed by atoms with E-state index in [9.17, 15) is 19.3 Å². The number of rotatable bonds is 2. The van der Waals surface area contributed by atoms with E-state index in [0.29, 0.717) is 31.0 Å². The number of anilines is 1. The van der Waals surface area contributed by atoms with Crippen molar-refractivity contribution in [2.75, 3.05) is 18.8 Å². The van der Waals surface area contributed by atoms with E-state index in [1.54, 1.807) is 4.90 Å². The standard InChI is InChI=1S/C14H18FN3O3/c1-8-3-9(2)7-17(6-8)14(19)10-4-12(16)11(15)5-13(10)18(20)21/h4-5,8-9H,3,6-7,16H2,1-2H3. The van der Waals surface area contributed by atoms with E-state index in [1.807, 2.05) is 13.8 Å². The van der Waals surface area contributed by atoms with Gasteiger partial charge in [-0.2, -0.15) is 0 Å². The number of piperidine rings is 1. The van der Waals surface area contributed by atoms with Gasteiger partial charge in [-0.15, -0.1) is 0 Å². The highest BCUT2D eigenvalue weighted by Crippen LogP contribution is 2.28. The van der Waals surface area contributed by atoms with Crippen LogP contribution in [-0.4, -0.2) is 28.8 Å². The van der Waals surface area contributed by atoms with Crippen LogP contribution in [0, 0.1) is 27.8 Å². The van der Waals surface area contributed by atoms with Crippen LogP contribution >= 0.6 is 0 Å². The molecule has 0 saturated carbocycles. The number of benzene rings is 1. The molecule has 2 rings (SSSR count). The number of nitrogens with two attached hydrogens (primary N) is 1. The van der Waals surface area contributed by atoms with Crippen LogP contribution in [0.25, 0.3) is 0 Å². The van der Waals surface area contributed by atoms with Crippen molar-refractivity contribution in [3.05, 3.63) is 33.6 Å². The quantitative estimate of drug-likeness (QED) is 0.515. The minimum atomic E-state index is -0.890. The van der Waals surface area contributed by atoms with E-state index < -0.39 is 22.3 Å². The zero-order valence-corrected chi connectivity index (χ0v) is 12.0. The van der Waals surface area contributed by atoms with Crippen LogP contribution in [-0.2, 0) is 0 Å². The lowest BCUT2D eigenvalue weighted by molar-refractivity contribution is -0.385. The topological polar surface area (TPSA) is 89.5 Å². The summed E-state index contributed by atoms with van der Waals surface area (Å²) in [5.74, 6) is -0.700. The molecule has 0 spiro atoms. The highest BCUT2D eigenvalue weighted by Gasteiger charge is 2.31. The second kappa shape index (κ2) is 5.67. The number of nitro benzene ring substituents is 1. The van der Waals surface area contributed by atoms with Gasteiger partial charge in [0.15, 0.2) is 5.82 Å². The van der Waals surface area contributed by atoms with Crippen LogP contribution in [0.1, 0.15) is 30.6 Å². The fourth-order valence-electron chi connectivity index (χ4n) is 2.90. The molecule has 1 amide bonds. The molecule has 2 unspecified atom stereocenters. The Morgan fingerprint density at radius 1 is 1.38 bits per heavy atom. The maximum Gasteiger partial charge on any atom is 0.285 e. The van der Waals surface area contributed by atoms with Crippen molar-refractivity contribution in [3.8, 4) is 0 Å². The molecule has 1 aromatic carbocycles. The maximum atomic E-state index is 13.4. The number of likely N-dealkylation sites (tertiary alicyclic amines) is 1. The zero-order chi connectivity index (χ0) is 15.7. The van der Waals surface area contributed by atoms with E-state index in [2.05, 4.69) is 0 Å². The number of nitrogens with zero attached hydrogens (tertiary/aromatic N) is 2. The first-order valence-electron chi connectivity index (χ1n) is 6.82. The number of carbonyl (C=O) groups is 1. The van der Waals surface area contributed by atoms with Crippen molar-refractivity contribution in [1.82, 2.24) is 4.90 Å². The van der Waals surface area contributed by atoms with Crippen LogP contribution in [0.4, 0.5) is 15.8 Å². The van der Waals surface area contributed by atoms with Crippen molar-refractivity contribution in [1.29, 1.82) is 0 Å². The Kier molecular flexibility index (Phi) is 4.11. The van der Waals surface area contributed by atoms with Crippen LogP contribution in [0.5, 0.6) is 0 Å². The van der Waals surface area contributed by atoms with Gasteiger partial charge in [-0.05, 0) is 24.3 Å². The average molecular weight is 295 g/mol. The minimum absolute atomic E-state index is 0.153. The third-order valence-corrected chi connectivity index (χ3v) is 3.70. The normalized spacial score (nSPS) is 22.1. The molecule has 0 bridgehead atoms. The minimum Gasteiger partial charge on any atom is -0.396 e. The molecule has 1 fully saturated rings. The molecular formula is C14H18FN3O3. The molecule has 2 N–H and O–H groups in total. The fourth-order valence-corrected chi connectivity index (χ4v) is 2.90. The van der Waals surface area contributed by atoms with Crippen molar-refractivity contribution >= 4 is 17.3 Å².